The van der Waals surface area contributed by atoms with Gasteiger partial charge in [-0.15, -0.1) is 24.0 Å². The van der Waals surface area contributed by atoms with E-state index in [1.165, 1.54) is 38.5 Å². The number of pyridine rings is 1. The van der Waals surface area contributed by atoms with Crippen LogP contribution in [0.2, 0.25) is 0 Å². The fraction of sp³-hybridized carbons (Fsp3) is 0.682. The lowest BCUT2D eigenvalue weighted by Crippen LogP contribution is -2.40. The first-order valence-corrected chi connectivity index (χ1v) is 11.0. The first-order valence-electron chi connectivity index (χ1n) is 11.0. The SMILES string of the molecule is CCNC(=NCC(=O)N(C)CCc1ccccn1)NCCOC1CCCCCC1.I. The molecule has 1 saturated carbocycles. The Bertz CT molecular complexity index is 607. The van der Waals surface area contributed by atoms with Gasteiger partial charge in [0.25, 0.3) is 0 Å². The molecule has 0 saturated heterocycles. The van der Waals surface area contributed by atoms with Crippen LogP contribution in [0.25, 0.3) is 0 Å². The smallest absolute Gasteiger partial charge is 0.244 e. The van der Waals surface area contributed by atoms with E-state index in [-0.39, 0.29) is 36.4 Å². The van der Waals surface area contributed by atoms with Gasteiger partial charge in [0.05, 0.1) is 12.7 Å². The summed E-state index contributed by atoms with van der Waals surface area (Å²) in [6.07, 6.45) is 10.5. The summed E-state index contributed by atoms with van der Waals surface area (Å²) in [5.74, 6) is 0.649. The van der Waals surface area contributed by atoms with Crippen molar-refractivity contribution >= 4 is 35.8 Å². The second-order valence-electron chi connectivity index (χ2n) is 7.49. The molecule has 1 amide bonds. The molecule has 0 radical (unpaired) electrons. The van der Waals surface area contributed by atoms with Crippen molar-refractivity contribution in [2.75, 3.05) is 39.8 Å². The molecule has 0 atom stereocenters. The molecule has 1 aromatic rings. The molecule has 0 spiro atoms. The minimum Gasteiger partial charge on any atom is -0.376 e. The predicted octanol–water partition coefficient (Wildman–Crippen LogP) is 3.00. The molecule has 30 heavy (non-hydrogen) atoms. The Balaban J connectivity index is 0.00000450. The average molecular weight is 531 g/mol. The van der Waals surface area contributed by atoms with Crippen LogP contribution in [-0.4, -0.2) is 67.7 Å². The summed E-state index contributed by atoms with van der Waals surface area (Å²) in [4.78, 5) is 22.8. The standard InChI is InChI=1S/C22H37N5O2.HI/c1-3-23-22(25-15-17-29-20-11-6-4-5-7-12-20)26-18-21(28)27(2)16-13-19-10-8-9-14-24-19;/h8-10,14,20H,3-7,11-13,15-18H2,1-2H3,(H2,23,25,26);1H. The third-order valence-electron chi connectivity index (χ3n) is 5.12. The summed E-state index contributed by atoms with van der Waals surface area (Å²) in [6, 6.07) is 5.83. The van der Waals surface area contributed by atoms with Crippen LogP contribution in [0.4, 0.5) is 0 Å². The van der Waals surface area contributed by atoms with Crippen molar-refractivity contribution in [2.24, 2.45) is 4.99 Å². The van der Waals surface area contributed by atoms with Crippen molar-refractivity contribution in [3.05, 3.63) is 30.1 Å². The van der Waals surface area contributed by atoms with Gasteiger partial charge in [-0.3, -0.25) is 9.78 Å². The van der Waals surface area contributed by atoms with Gasteiger partial charge in [-0.2, -0.15) is 0 Å². The van der Waals surface area contributed by atoms with Gasteiger partial charge >= 0.3 is 0 Å². The molecule has 0 bridgehead atoms. The Morgan fingerprint density at radius 3 is 2.67 bits per heavy atom. The van der Waals surface area contributed by atoms with Gasteiger partial charge in [0, 0.05) is 45.0 Å². The number of hydrogen-bond donors (Lipinski definition) is 2. The number of hydrogen-bond acceptors (Lipinski definition) is 4. The largest absolute Gasteiger partial charge is 0.376 e. The Kier molecular flexibility index (Phi) is 14.5. The van der Waals surface area contributed by atoms with E-state index in [0.29, 0.717) is 31.8 Å². The van der Waals surface area contributed by atoms with E-state index in [1.54, 1.807) is 11.1 Å². The number of ether oxygens (including phenoxy) is 1. The highest BCUT2D eigenvalue weighted by atomic mass is 127. The first-order chi connectivity index (χ1) is 14.2. The Labute approximate surface area is 198 Å². The molecule has 8 heteroatoms. The molecule has 170 valence electrons. The summed E-state index contributed by atoms with van der Waals surface area (Å²) in [5.41, 5.74) is 0.985. The lowest BCUT2D eigenvalue weighted by Gasteiger charge is -2.18. The fourth-order valence-electron chi connectivity index (χ4n) is 3.37. The molecule has 1 fully saturated rings. The predicted molar refractivity (Wildman–Crippen MR) is 132 cm³/mol. The molecule has 1 aliphatic carbocycles. The number of carbonyl (C=O) groups excluding carboxylic acids is 1. The van der Waals surface area contributed by atoms with Gasteiger partial charge < -0.3 is 20.3 Å². The van der Waals surface area contributed by atoms with Crippen molar-refractivity contribution < 1.29 is 9.53 Å². The molecular formula is C22H38IN5O2. The van der Waals surface area contributed by atoms with Gasteiger partial charge in [-0.25, -0.2) is 4.99 Å². The van der Waals surface area contributed by atoms with E-state index < -0.39 is 0 Å². The van der Waals surface area contributed by atoms with Gasteiger partial charge in [0.2, 0.25) is 5.91 Å². The number of carbonyl (C=O) groups is 1. The zero-order valence-electron chi connectivity index (χ0n) is 18.4. The maximum atomic E-state index is 12.4. The van der Waals surface area contributed by atoms with Crippen LogP contribution in [0, 0.1) is 0 Å². The van der Waals surface area contributed by atoms with Crippen molar-refractivity contribution in [3.63, 3.8) is 0 Å². The first kappa shape index (κ1) is 26.6. The van der Waals surface area contributed by atoms with Crippen molar-refractivity contribution in [1.82, 2.24) is 20.5 Å². The van der Waals surface area contributed by atoms with Gasteiger partial charge in [0.1, 0.15) is 6.54 Å². The second-order valence-corrected chi connectivity index (χ2v) is 7.49. The highest BCUT2D eigenvalue weighted by Crippen LogP contribution is 2.19. The number of likely N-dealkylation sites (N-methyl/N-ethyl adjacent to an activating group) is 1. The number of guanidine groups is 1. The van der Waals surface area contributed by atoms with Crippen LogP contribution in [-0.2, 0) is 16.0 Å². The summed E-state index contributed by atoms with van der Waals surface area (Å²) in [6.45, 7) is 4.86. The highest BCUT2D eigenvalue weighted by Gasteiger charge is 2.12. The number of aliphatic imine (C=N–C) groups is 1. The molecule has 1 heterocycles. The lowest BCUT2D eigenvalue weighted by molar-refractivity contribution is -0.128. The Hall–Kier alpha value is -1.42. The third-order valence-corrected chi connectivity index (χ3v) is 5.12. The number of nitrogens with zero attached hydrogens (tertiary/aromatic N) is 3. The molecule has 0 aromatic carbocycles. The van der Waals surface area contributed by atoms with Crippen LogP contribution in [0.15, 0.2) is 29.4 Å². The maximum Gasteiger partial charge on any atom is 0.244 e. The topological polar surface area (TPSA) is 78.9 Å². The number of aromatic nitrogens is 1. The maximum absolute atomic E-state index is 12.4. The molecule has 1 aliphatic rings. The van der Waals surface area contributed by atoms with Gasteiger partial charge in [-0.05, 0) is 31.9 Å². The summed E-state index contributed by atoms with van der Waals surface area (Å²) in [5, 5.41) is 6.45. The molecule has 2 rings (SSSR count). The van der Waals surface area contributed by atoms with Crippen LogP contribution in [0.1, 0.15) is 51.1 Å². The zero-order valence-corrected chi connectivity index (χ0v) is 20.8. The third kappa shape index (κ3) is 11.1. The molecule has 7 nitrogen and oxygen atoms in total. The molecular weight excluding hydrogens is 493 g/mol. The van der Waals surface area contributed by atoms with E-state index in [4.69, 9.17) is 4.74 Å². The minimum atomic E-state index is -0.00663. The highest BCUT2D eigenvalue weighted by molar-refractivity contribution is 14.0. The molecule has 1 aromatic heterocycles. The lowest BCUT2D eigenvalue weighted by atomic mass is 10.1. The molecule has 0 aliphatic heterocycles. The Morgan fingerprint density at radius 2 is 2.00 bits per heavy atom. The minimum absolute atomic E-state index is 0. The van der Waals surface area contributed by atoms with Crippen LogP contribution >= 0.6 is 24.0 Å². The fourth-order valence-corrected chi connectivity index (χ4v) is 3.37. The van der Waals surface area contributed by atoms with Crippen LogP contribution in [0.5, 0.6) is 0 Å². The van der Waals surface area contributed by atoms with E-state index in [2.05, 4.69) is 20.6 Å². The van der Waals surface area contributed by atoms with Crippen LogP contribution in [0.3, 0.4) is 0 Å². The summed E-state index contributed by atoms with van der Waals surface area (Å²) < 4.78 is 6.00. The summed E-state index contributed by atoms with van der Waals surface area (Å²) in [7, 11) is 1.81. The van der Waals surface area contributed by atoms with E-state index >= 15 is 0 Å². The zero-order chi connectivity index (χ0) is 20.7. The monoisotopic (exact) mass is 531 g/mol. The van der Waals surface area contributed by atoms with E-state index in [1.807, 2.05) is 32.2 Å². The van der Waals surface area contributed by atoms with Gasteiger partial charge in [0.15, 0.2) is 5.96 Å². The van der Waals surface area contributed by atoms with Crippen molar-refractivity contribution in [3.8, 4) is 0 Å². The number of halogens is 1. The van der Waals surface area contributed by atoms with E-state index in [0.717, 1.165) is 18.7 Å². The quantitative estimate of drug-likeness (QED) is 0.160. The van der Waals surface area contributed by atoms with Crippen LogP contribution < -0.4 is 10.6 Å². The number of rotatable bonds is 10. The number of amides is 1. The van der Waals surface area contributed by atoms with Gasteiger partial charge in [-0.1, -0.05) is 31.7 Å². The average Bonchev–Trinajstić information content (AvgIpc) is 3.02. The normalized spacial score (nSPS) is 15.1. The molecule has 2 N–H and O–H groups in total. The van der Waals surface area contributed by atoms with Crippen molar-refractivity contribution in [1.29, 1.82) is 0 Å². The van der Waals surface area contributed by atoms with E-state index in [9.17, 15) is 4.79 Å². The molecule has 0 unspecified atom stereocenters. The Morgan fingerprint density at radius 1 is 1.23 bits per heavy atom. The summed E-state index contributed by atoms with van der Waals surface area (Å²) >= 11 is 0. The number of nitrogens with one attached hydrogen (secondary N) is 2. The second kappa shape index (κ2) is 16.3. The van der Waals surface area contributed by atoms with Crippen molar-refractivity contribution in [2.45, 2.75) is 58.0 Å².